The van der Waals surface area contributed by atoms with Crippen LogP contribution >= 0.6 is 15.9 Å². The summed E-state index contributed by atoms with van der Waals surface area (Å²) in [6, 6.07) is 2.67. The molecule has 0 spiro atoms. The molecule has 2 rings (SSSR count). The van der Waals surface area contributed by atoms with Gasteiger partial charge >= 0.3 is 0 Å². The molecule has 0 radical (unpaired) electrons. The predicted octanol–water partition coefficient (Wildman–Crippen LogP) is 6.56. The molecule has 118 valence electrons. The fourth-order valence-corrected chi connectivity index (χ4v) is 4.30. The summed E-state index contributed by atoms with van der Waals surface area (Å²) >= 11 is 3.67. The number of hydrogen-bond donors (Lipinski definition) is 0. The summed E-state index contributed by atoms with van der Waals surface area (Å²) in [5, 5.41) is 0. The van der Waals surface area contributed by atoms with Gasteiger partial charge in [-0.2, -0.15) is 0 Å². The summed E-state index contributed by atoms with van der Waals surface area (Å²) in [6.07, 6.45) is 4.59. The van der Waals surface area contributed by atoms with Crippen LogP contribution in [0.3, 0.4) is 0 Å². The van der Waals surface area contributed by atoms with E-state index in [1.807, 2.05) is 0 Å². The molecule has 1 unspecified atom stereocenters. The molecule has 0 bridgehead atoms. The molecule has 0 saturated heterocycles. The fourth-order valence-electron chi connectivity index (χ4n) is 3.42. The third-order valence-electron chi connectivity index (χ3n) is 4.99. The zero-order chi connectivity index (χ0) is 15.8. The highest BCUT2D eigenvalue weighted by Gasteiger charge is 2.33. The highest BCUT2D eigenvalue weighted by Crippen LogP contribution is 2.46. The first-order chi connectivity index (χ1) is 9.70. The average Bonchev–Trinajstić information content (AvgIpc) is 2.41. The Kier molecular flexibility index (Phi) is 5.12. The van der Waals surface area contributed by atoms with Crippen molar-refractivity contribution in [2.24, 2.45) is 17.3 Å². The van der Waals surface area contributed by atoms with Crippen molar-refractivity contribution in [2.75, 3.05) is 0 Å². The quantitative estimate of drug-likeness (QED) is 0.525. The summed E-state index contributed by atoms with van der Waals surface area (Å²) in [5.41, 5.74) is 1.47. The number of halogens is 3. The van der Waals surface area contributed by atoms with Gasteiger partial charge in [0.2, 0.25) is 0 Å². The largest absolute Gasteiger partial charge is 0.207 e. The molecular formula is C18H25BrF2. The first-order valence-corrected chi connectivity index (χ1v) is 8.71. The third-order valence-corrected chi connectivity index (χ3v) is 6.23. The first kappa shape index (κ1) is 16.9. The second-order valence-electron chi connectivity index (χ2n) is 7.50. The lowest BCUT2D eigenvalue weighted by Crippen LogP contribution is -2.27. The van der Waals surface area contributed by atoms with Crippen LogP contribution in [0.1, 0.15) is 62.4 Å². The van der Waals surface area contributed by atoms with Crippen LogP contribution in [0.25, 0.3) is 0 Å². The van der Waals surface area contributed by atoms with Crippen molar-refractivity contribution >= 4 is 15.9 Å². The maximum atomic E-state index is 14.0. The van der Waals surface area contributed by atoms with Crippen LogP contribution in [0, 0.1) is 35.8 Å². The lowest BCUT2D eigenvalue weighted by atomic mass is 9.69. The number of alkyl halides is 1. The molecule has 1 aliphatic carbocycles. The van der Waals surface area contributed by atoms with Crippen LogP contribution in [0.4, 0.5) is 8.78 Å². The van der Waals surface area contributed by atoms with Gasteiger partial charge < -0.3 is 0 Å². The predicted molar refractivity (Wildman–Crippen MR) is 87.7 cm³/mol. The minimum atomic E-state index is -0.465. The van der Waals surface area contributed by atoms with Gasteiger partial charge in [-0.25, -0.2) is 8.78 Å². The normalized spacial score (nSPS) is 24.9. The first-order valence-electron chi connectivity index (χ1n) is 7.79. The molecule has 1 saturated carbocycles. The van der Waals surface area contributed by atoms with E-state index in [9.17, 15) is 8.78 Å². The van der Waals surface area contributed by atoms with E-state index < -0.39 is 11.6 Å². The van der Waals surface area contributed by atoms with Gasteiger partial charge in [-0.3, -0.25) is 0 Å². The maximum Gasteiger partial charge on any atom is 0.130 e. The standard InChI is InChI=1S/C18H25BrF2/c1-11-9-14(16(21)10-15(11)20)17(19)12-5-7-13(8-6-12)18(2,3)4/h9-10,12-13,17H,5-8H2,1-4H3. The SMILES string of the molecule is Cc1cc(C(Br)C2CCC(C(C)(C)C)CC2)c(F)cc1F. The summed E-state index contributed by atoms with van der Waals surface area (Å²) in [7, 11) is 0. The minimum absolute atomic E-state index is 0.0160. The van der Waals surface area contributed by atoms with E-state index in [0.29, 0.717) is 22.5 Å². The fraction of sp³-hybridized carbons (Fsp3) is 0.667. The second-order valence-corrected chi connectivity index (χ2v) is 8.49. The lowest BCUT2D eigenvalue weighted by Gasteiger charge is -2.38. The summed E-state index contributed by atoms with van der Waals surface area (Å²) in [6.45, 7) is 8.58. The van der Waals surface area contributed by atoms with Crippen molar-refractivity contribution in [3.8, 4) is 0 Å². The topological polar surface area (TPSA) is 0 Å². The van der Waals surface area contributed by atoms with E-state index in [1.165, 1.54) is 12.8 Å². The van der Waals surface area contributed by atoms with E-state index in [1.54, 1.807) is 13.0 Å². The van der Waals surface area contributed by atoms with Gasteiger partial charge in [0.1, 0.15) is 11.6 Å². The van der Waals surface area contributed by atoms with E-state index >= 15 is 0 Å². The molecule has 3 heteroatoms. The van der Waals surface area contributed by atoms with Crippen molar-refractivity contribution in [3.05, 3.63) is 34.9 Å². The molecular weight excluding hydrogens is 334 g/mol. The highest BCUT2D eigenvalue weighted by atomic mass is 79.9. The molecule has 0 aliphatic heterocycles. The maximum absolute atomic E-state index is 14.0. The van der Waals surface area contributed by atoms with Gasteiger partial charge in [-0.15, -0.1) is 0 Å². The number of hydrogen-bond acceptors (Lipinski definition) is 0. The molecule has 1 fully saturated rings. The van der Waals surface area contributed by atoms with Crippen LogP contribution in [0.2, 0.25) is 0 Å². The summed E-state index contributed by atoms with van der Waals surface area (Å²) < 4.78 is 27.4. The molecule has 1 aliphatic rings. The minimum Gasteiger partial charge on any atom is -0.207 e. The van der Waals surface area contributed by atoms with Gasteiger partial charge in [0, 0.05) is 16.5 Å². The van der Waals surface area contributed by atoms with E-state index in [-0.39, 0.29) is 4.83 Å². The summed E-state index contributed by atoms with van der Waals surface area (Å²) in [5.74, 6) is 0.279. The molecule has 1 aromatic carbocycles. The van der Waals surface area contributed by atoms with Crippen LogP contribution in [0.15, 0.2) is 12.1 Å². The zero-order valence-electron chi connectivity index (χ0n) is 13.3. The molecule has 0 aromatic heterocycles. The molecule has 0 amide bonds. The number of rotatable bonds is 2. The second kappa shape index (κ2) is 6.36. The summed E-state index contributed by atoms with van der Waals surface area (Å²) in [4.78, 5) is -0.0160. The number of aryl methyl sites for hydroxylation is 1. The van der Waals surface area contributed by atoms with Crippen LogP contribution in [-0.4, -0.2) is 0 Å². The molecule has 1 aromatic rings. The van der Waals surface area contributed by atoms with Crippen molar-refractivity contribution < 1.29 is 8.78 Å². The Morgan fingerprint density at radius 1 is 1.05 bits per heavy atom. The van der Waals surface area contributed by atoms with Crippen molar-refractivity contribution in [1.82, 2.24) is 0 Å². The Morgan fingerprint density at radius 2 is 1.62 bits per heavy atom. The Labute approximate surface area is 135 Å². The van der Waals surface area contributed by atoms with Gasteiger partial charge in [0.05, 0.1) is 0 Å². The van der Waals surface area contributed by atoms with E-state index in [2.05, 4.69) is 36.7 Å². The van der Waals surface area contributed by atoms with Gasteiger partial charge in [-0.1, -0.05) is 36.7 Å². The van der Waals surface area contributed by atoms with Crippen LogP contribution in [-0.2, 0) is 0 Å². The smallest absolute Gasteiger partial charge is 0.130 e. The average molecular weight is 359 g/mol. The molecule has 0 N–H and O–H groups in total. The Balaban J connectivity index is 2.09. The van der Waals surface area contributed by atoms with Gasteiger partial charge in [0.25, 0.3) is 0 Å². The van der Waals surface area contributed by atoms with Crippen molar-refractivity contribution in [3.63, 3.8) is 0 Å². The monoisotopic (exact) mass is 358 g/mol. The van der Waals surface area contributed by atoms with Crippen molar-refractivity contribution in [1.29, 1.82) is 0 Å². The van der Waals surface area contributed by atoms with E-state index in [4.69, 9.17) is 0 Å². The Morgan fingerprint density at radius 3 is 2.14 bits per heavy atom. The number of benzene rings is 1. The lowest BCUT2D eigenvalue weighted by molar-refractivity contribution is 0.149. The third kappa shape index (κ3) is 3.85. The van der Waals surface area contributed by atoms with Gasteiger partial charge in [0.15, 0.2) is 0 Å². The molecule has 1 atom stereocenters. The van der Waals surface area contributed by atoms with Crippen LogP contribution in [0.5, 0.6) is 0 Å². The Bertz CT molecular complexity index is 497. The Hall–Kier alpha value is -0.440. The molecule has 0 nitrogen and oxygen atoms in total. The molecule has 0 heterocycles. The molecule has 21 heavy (non-hydrogen) atoms. The zero-order valence-corrected chi connectivity index (χ0v) is 14.9. The van der Waals surface area contributed by atoms with Gasteiger partial charge in [-0.05, 0) is 61.5 Å². The van der Waals surface area contributed by atoms with Crippen LogP contribution < -0.4 is 0 Å². The van der Waals surface area contributed by atoms with E-state index in [0.717, 1.165) is 24.8 Å². The highest BCUT2D eigenvalue weighted by molar-refractivity contribution is 9.09. The van der Waals surface area contributed by atoms with Crippen molar-refractivity contribution in [2.45, 2.75) is 58.2 Å².